The van der Waals surface area contributed by atoms with Crippen molar-refractivity contribution in [3.63, 3.8) is 0 Å². The number of phenolic OH excluding ortho intramolecular Hbond substituents is 1. The minimum absolute atomic E-state index is 0.0911. The molecule has 0 aliphatic heterocycles. The first-order valence-electron chi connectivity index (χ1n) is 8.20. The van der Waals surface area contributed by atoms with Crippen molar-refractivity contribution in [2.24, 2.45) is 7.05 Å². The topological polar surface area (TPSA) is 76.4 Å². The fourth-order valence-corrected chi connectivity index (χ4v) is 3.17. The maximum Gasteiger partial charge on any atom is 0.412 e. The zero-order chi connectivity index (χ0) is 19.9. The lowest BCUT2D eigenvalue weighted by molar-refractivity contribution is 0.0636. The summed E-state index contributed by atoms with van der Waals surface area (Å²) in [4.78, 5) is 16.5. The Bertz CT molecular complexity index is 1040. The Kier molecular flexibility index (Phi) is 4.97. The summed E-state index contributed by atoms with van der Waals surface area (Å²) >= 11 is 12.1. The van der Waals surface area contributed by atoms with Crippen LogP contribution in [0.2, 0.25) is 10.0 Å². The smallest absolute Gasteiger partial charge is 0.412 e. The van der Waals surface area contributed by atoms with E-state index >= 15 is 0 Å². The number of hydrogen-bond acceptors (Lipinski definition) is 4. The molecule has 1 amide bonds. The van der Waals surface area contributed by atoms with Crippen LogP contribution in [0.5, 0.6) is 5.75 Å². The number of nitrogens with one attached hydrogen (secondary N) is 1. The highest BCUT2D eigenvalue weighted by Gasteiger charge is 2.19. The summed E-state index contributed by atoms with van der Waals surface area (Å²) in [6.45, 7) is 5.39. The third-order valence-corrected chi connectivity index (χ3v) is 4.30. The maximum atomic E-state index is 12.0. The number of rotatable bonds is 2. The molecule has 0 aliphatic rings. The highest BCUT2D eigenvalue weighted by atomic mass is 35.5. The molecule has 0 fully saturated rings. The van der Waals surface area contributed by atoms with Gasteiger partial charge in [0.05, 0.1) is 21.6 Å². The summed E-state index contributed by atoms with van der Waals surface area (Å²) in [5.74, 6) is 0.410. The van der Waals surface area contributed by atoms with Crippen LogP contribution in [0.15, 0.2) is 30.3 Å². The Hall–Kier alpha value is -2.44. The first-order chi connectivity index (χ1) is 12.5. The number of anilines is 1. The van der Waals surface area contributed by atoms with E-state index in [9.17, 15) is 9.90 Å². The molecule has 0 saturated carbocycles. The van der Waals surface area contributed by atoms with Gasteiger partial charge >= 0.3 is 6.09 Å². The van der Waals surface area contributed by atoms with Gasteiger partial charge in [-0.25, -0.2) is 9.78 Å². The molecule has 0 radical (unpaired) electrons. The summed E-state index contributed by atoms with van der Waals surface area (Å²) in [5.41, 5.74) is 1.84. The van der Waals surface area contributed by atoms with Crippen molar-refractivity contribution < 1.29 is 14.6 Å². The normalized spacial score (nSPS) is 11.6. The predicted octanol–water partition coefficient (Wildman–Crippen LogP) is 5.60. The fourth-order valence-electron chi connectivity index (χ4n) is 2.68. The van der Waals surface area contributed by atoms with Crippen LogP contribution in [-0.2, 0) is 11.8 Å². The minimum atomic E-state index is -0.588. The quantitative estimate of drug-likeness (QED) is 0.579. The van der Waals surface area contributed by atoms with Crippen LogP contribution in [0.3, 0.4) is 0 Å². The van der Waals surface area contributed by atoms with Gasteiger partial charge < -0.3 is 14.4 Å². The second-order valence-corrected chi connectivity index (χ2v) is 7.95. The number of fused-ring (bicyclic) bond motifs is 1. The Labute approximate surface area is 166 Å². The van der Waals surface area contributed by atoms with Crippen molar-refractivity contribution in [3.05, 3.63) is 40.4 Å². The molecule has 27 heavy (non-hydrogen) atoms. The number of phenols is 1. The molecular weight excluding hydrogens is 389 g/mol. The largest absolute Gasteiger partial charge is 0.506 e. The molecular formula is C19H19Cl2N3O3. The lowest BCUT2D eigenvalue weighted by Crippen LogP contribution is -2.27. The molecule has 0 saturated heterocycles. The number of amides is 1. The van der Waals surface area contributed by atoms with Crippen LogP contribution >= 0.6 is 23.2 Å². The fraction of sp³-hybridized carbons (Fsp3) is 0.263. The van der Waals surface area contributed by atoms with E-state index in [4.69, 9.17) is 27.9 Å². The van der Waals surface area contributed by atoms with E-state index in [0.717, 1.165) is 5.52 Å². The van der Waals surface area contributed by atoms with E-state index in [1.807, 2.05) is 17.7 Å². The molecule has 2 N–H and O–H groups in total. The van der Waals surface area contributed by atoms with Gasteiger partial charge in [-0.05, 0) is 51.1 Å². The second kappa shape index (κ2) is 6.94. The second-order valence-electron chi connectivity index (χ2n) is 7.11. The number of carbonyl (C=O) groups is 1. The summed E-state index contributed by atoms with van der Waals surface area (Å²) in [6, 6.07) is 8.37. The molecule has 0 spiro atoms. The molecule has 6 nitrogen and oxygen atoms in total. The molecule has 0 unspecified atom stereocenters. The number of hydrogen-bond donors (Lipinski definition) is 2. The van der Waals surface area contributed by atoms with Crippen molar-refractivity contribution in [1.82, 2.24) is 9.55 Å². The van der Waals surface area contributed by atoms with Crippen LogP contribution in [0.4, 0.5) is 10.5 Å². The molecule has 0 aliphatic carbocycles. The van der Waals surface area contributed by atoms with Gasteiger partial charge in [0.1, 0.15) is 17.2 Å². The van der Waals surface area contributed by atoms with Gasteiger partial charge in [-0.1, -0.05) is 23.2 Å². The van der Waals surface area contributed by atoms with Crippen LogP contribution < -0.4 is 5.32 Å². The monoisotopic (exact) mass is 407 g/mol. The van der Waals surface area contributed by atoms with Gasteiger partial charge in [-0.15, -0.1) is 0 Å². The van der Waals surface area contributed by atoms with Gasteiger partial charge in [-0.2, -0.15) is 0 Å². The number of aromatic nitrogens is 2. The van der Waals surface area contributed by atoms with Gasteiger partial charge in [0.15, 0.2) is 0 Å². The average Bonchev–Trinajstić information content (AvgIpc) is 2.85. The standard InChI is InChI=1S/C19H19Cl2N3O3/c1-19(2,3)27-18(26)22-11-5-6-15-14(9-11)23-17(24(15)4)12-7-10(20)8-13(21)16(12)25/h5-9,25H,1-4H3,(H,22,26). The Morgan fingerprint density at radius 1 is 1.22 bits per heavy atom. The summed E-state index contributed by atoms with van der Waals surface area (Å²) < 4.78 is 7.07. The minimum Gasteiger partial charge on any atom is -0.506 e. The first-order valence-corrected chi connectivity index (χ1v) is 8.95. The molecule has 8 heteroatoms. The number of ether oxygens (including phenoxy) is 1. The Morgan fingerprint density at radius 3 is 2.59 bits per heavy atom. The van der Waals surface area contributed by atoms with E-state index in [-0.39, 0.29) is 10.8 Å². The molecule has 3 aromatic rings. The molecule has 0 atom stereocenters. The van der Waals surface area contributed by atoms with E-state index in [0.29, 0.717) is 27.6 Å². The lowest BCUT2D eigenvalue weighted by atomic mass is 10.2. The molecule has 3 rings (SSSR count). The van der Waals surface area contributed by atoms with E-state index in [1.165, 1.54) is 6.07 Å². The number of carbonyl (C=O) groups excluding carboxylic acids is 1. The number of benzene rings is 2. The van der Waals surface area contributed by atoms with E-state index in [1.54, 1.807) is 39.0 Å². The van der Waals surface area contributed by atoms with Gasteiger partial charge in [0.2, 0.25) is 0 Å². The van der Waals surface area contributed by atoms with E-state index < -0.39 is 11.7 Å². The molecule has 2 aromatic carbocycles. The maximum absolute atomic E-state index is 12.0. The highest BCUT2D eigenvalue weighted by Crippen LogP contribution is 2.38. The SMILES string of the molecule is Cn1c(-c2cc(Cl)cc(Cl)c2O)nc2cc(NC(=O)OC(C)(C)C)ccc21. The van der Waals surface area contributed by atoms with Crippen molar-refractivity contribution in [2.45, 2.75) is 26.4 Å². The van der Waals surface area contributed by atoms with E-state index in [2.05, 4.69) is 10.3 Å². The Morgan fingerprint density at radius 2 is 1.93 bits per heavy atom. The summed E-state index contributed by atoms with van der Waals surface area (Å²) in [7, 11) is 1.82. The van der Waals surface area contributed by atoms with Crippen molar-refractivity contribution >= 4 is 46.0 Å². The van der Waals surface area contributed by atoms with Crippen molar-refractivity contribution in [3.8, 4) is 17.1 Å². The Balaban J connectivity index is 2.00. The summed E-state index contributed by atoms with van der Waals surface area (Å²) in [6.07, 6.45) is -0.544. The highest BCUT2D eigenvalue weighted by molar-refractivity contribution is 6.36. The number of aromatic hydroxyl groups is 1. The average molecular weight is 408 g/mol. The van der Waals surface area contributed by atoms with Crippen LogP contribution in [0, 0.1) is 0 Å². The first kappa shape index (κ1) is 19.3. The van der Waals surface area contributed by atoms with Gasteiger partial charge in [0, 0.05) is 17.8 Å². The zero-order valence-electron chi connectivity index (χ0n) is 15.3. The molecule has 1 aromatic heterocycles. The van der Waals surface area contributed by atoms with Gasteiger partial charge in [-0.3, -0.25) is 5.32 Å². The number of imidazole rings is 1. The third-order valence-electron chi connectivity index (χ3n) is 3.80. The van der Waals surface area contributed by atoms with Crippen molar-refractivity contribution in [2.75, 3.05) is 5.32 Å². The van der Waals surface area contributed by atoms with Crippen molar-refractivity contribution in [1.29, 1.82) is 0 Å². The number of nitrogens with zero attached hydrogens (tertiary/aromatic N) is 2. The summed E-state index contributed by atoms with van der Waals surface area (Å²) in [5, 5.41) is 13.5. The third kappa shape index (κ3) is 4.12. The lowest BCUT2D eigenvalue weighted by Gasteiger charge is -2.19. The van der Waals surface area contributed by atoms with Crippen LogP contribution in [0.1, 0.15) is 20.8 Å². The van der Waals surface area contributed by atoms with Crippen LogP contribution in [0.25, 0.3) is 22.4 Å². The molecule has 142 valence electrons. The number of halogens is 2. The zero-order valence-corrected chi connectivity index (χ0v) is 16.8. The van der Waals surface area contributed by atoms with Crippen LogP contribution in [-0.4, -0.2) is 26.4 Å². The molecule has 0 bridgehead atoms. The number of aryl methyl sites for hydroxylation is 1. The van der Waals surface area contributed by atoms with Gasteiger partial charge in [0.25, 0.3) is 0 Å². The predicted molar refractivity (Wildman–Crippen MR) is 108 cm³/mol. The molecule has 1 heterocycles.